The highest BCUT2D eigenvalue weighted by Crippen LogP contribution is 2.20. The molecule has 27 heavy (non-hydrogen) atoms. The summed E-state index contributed by atoms with van der Waals surface area (Å²) in [6.07, 6.45) is 5.51. The van der Waals surface area contributed by atoms with Crippen LogP contribution in [0.2, 0.25) is 0 Å². The second kappa shape index (κ2) is 14.8. The van der Waals surface area contributed by atoms with E-state index in [4.69, 9.17) is 4.74 Å². The molecule has 0 aliphatic heterocycles. The third kappa shape index (κ3) is 11.8. The molecule has 1 aromatic rings. The monoisotopic (exact) mass is 374 g/mol. The number of ether oxygens (including phenoxy) is 2. The van der Waals surface area contributed by atoms with Crippen LogP contribution in [0.3, 0.4) is 0 Å². The summed E-state index contributed by atoms with van der Waals surface area (Å²) in [5.41, 5.74) is 2.02. The summed E-state index contributed by atoms with van der Waals surface area (Å²) >= 11 is 0. The van der Waals surface area contributed by atoms with Gasteiger partial charge in [-0.2, -0.15) is 0 Å². The van der Waals surface area contributed by atoms with Gasteiger partial charge in [0, 0.05) is 11.1 Å². The number of hydrogen-bond donors (Lipinski definition) is 0. The summed E-state index contributed by atoms with van der Waals surface area (Å²) in [4.78, 5) is 22.1. The topological polar surface area (TPSA) is 52.6 Å². The lowest BCUT2D eigenvalue weighted by Crippen LogP contribution is -2.09. The lowest BCUT2D eigenvalue weighted by Gasteiger charge is -2.14. The van der Waals surface area contributed by atoms with E-state index in [9.17, 15) is 9.59 Å². The fraction of sp³-hybridized carbons (Fsp3) is 0.478. The predicted molar refractivity (Wildman–Crippen MR) is 110 cm³/mol. The van der Waals surface area contributed by atoms with Crippen LogP contribution in [0.25, 0.3) is 0 Å². The first kappa shape index (κ1) is 24.6. The van der Waals surface area contributed by atoms with E-state index in [2.05, 4.69) is 31.7 Å². The maximum absolute atomic E-state index is 11.1. The van der Waals surface area contributed by atoms with Gasteiger partial charge in [0.2, 0.25) is 0 Å². The Morgan fingerprint density at radius 2 is 1.70 bits per heavy atom. The van der Waals surface area contributed by atoms with Crippen LogP contribution in [0, 0.1) is 5.92 Å². The number of benzene rings is 1. The van der Waals surface area contributed by atoms with Crippen molar-refractivity contribution < 1.29 is 19.1 Å². The summed E-state index contributed by atoms with van der Waals surface area (Å²) in [6.45, 7) is 13.5. The summed E-state index contributed by atoms with van der Waals surface area (Å²) in [6, 6.07) is 9.55. The van der Waals surface area contributed by atoms with E-state index in [1.165, 1.54) is 26.4 Å². The first-order valence-corrected chi connectivity index (χ1v) is 9.48. The minimum atomic E-state index is -0.344. The molecule has 1 atom stereocenters. The van der Waals surface area contributed by atoms with Crippen molar-refractivity contribution in [2.45, 2.75) is 59.5 Å². The summed E-state index contributed by atoms with van der Waals surface area (Å²) in [7, 11) is 1.40. The van der Waals surface area contributed by atoms with Gasteiger partial charge in [-0.1, -0.05) is 83.0 Å². The van der Waals surface area contributed by atoms with Crippen molar-refractivity contribution >= 4 is 11.9 Å². The zero-order valence-electron chi connectivity index (χ0n) is 17.3. The molecule has 1 rings (SSSR count). The zero-order valence-corrected chi connectivity index (χ0v) is 17.3. The Kier molecular flexibility index (Phi) is 13.5. The van der Waals surface area contributed by atoms with E-state index in [1.54, 1.807) is 6.92 Å². The van der Waals surface area contributed by atoms with Gasteiger partial charge in [-0.05, 0) is 24.8 Å². The normalized spacial score (nSPS) is 10.8. The molecule has 0 spiro atoms. The minimum Gasteiger partial charge on any atom is -0.466 e. The van der Waals surface area contributed by atoms with E-state index in [1.807, 2.05) is 30.3 Å². The predicted octanol–water partition coefficient (Wildman–Crippen LogP) is 5.63. The van der Waals surface area contributed by atoms with Gasteiger partial charge in [0.1, 0.15) is 6.61 Å². The smallest absolute Gasteiger partial charge is 0.333 e. The third-order valence-corrected chi connectivity index (χ3v) is 4.11. The van der Waals surface area contributed by atoms with E-state index < -0.39 is 0 Å². The van der Waals surface area contributed by atoms with Gasteiger partial charge in [-0.25, -0.2) is 9.59 Å². The first-order valence-electron chi connectivity index (χ1n) is 9.48. The molecule has 0 bridgehead atoms. The fourth-order valence-electron chi connectivity index (χ4n) is 2.37. The molecule has 150 valence electrons. The van der Waals surface area contributed by atoms with Crippen LogP contribution in [0.5, 0.6) is 0 Å². The Morgan fingerprint density at radius 3 is 2.19 bits per heavy atom. The molecule has 4 heteroatoms. The number of esters is 2. The maximum atomic E-state index is 11.1. The average molecular weight is 375 g/mol. The van der Waals surface area contributed by atoms with Crippen LogP contribution < -0.4 is 0 Å². The van der Waals surface area contributed by atoms with Crippen molar-refractivity contribution in [3.63, 3.8) is 0 Å². The Morgan fingerprint density at radius 1 is 1.07 bits per heavy atom. The summed E-state index contributed by atoms with van der Waals surface area (Å²) in [5.74, 6) is -0.0228. The molecule has 0 aliphatic rings. The van der Waals surface area contributed by atoms with Crippen molar-refractivity contribution in [3.8, 4) is 0 Å². The molecular weight excluding hydrogens is 340 g/mol. The number of unbranched alkanes of at least 4 members (excludes halogenated alkanes) is 1. The Hall–Kier alpha value is -2.36. The number of rotatable bonds is 10. The highest BCUT2D eigenvalue weighted by Gasteiger charge is 2.13. The molecule has 0 N–H and O–H groups in total. The number of hydrogen-bond acceptors (Lipinski definition) is 4. The molecule has 1 unspecified atom stereocenters. The fourth-order valence-corrected chi connectivity index (χ4v) is 2.37. The number of carbonyl (C=O) groups excluding carboxylic acids is 2. The van der Waals surface area contributed by atoms with Gasteiger partial charge in [0.05, 0.1) is 7.11 Å². The Bertz CT molecular complexity index is 590. The second-order valence-electron chi connectivity index (χ2n) is 6.56. The molecule has 0 heterocycles. The van der Waals surface area contributed by atoms with Crippen molar-refractivity contribution in [2.24, 2.45) is 5.92 Å². The van der Waals surface area contributed by atoms with Crippen LogP contribution >= 0.6 is 0 Å². The van der Waals surface area contributed by atoms with E-state index >= 15 is 0 Å². The minimum absolute atomic E-state index is 0.264. The summed E-state index contributed by atoms with van der Waals surface area (Å²) in [5, 5.41) is 0. The molecule has 0 saturated heterocycles. The number of methoxy groups -OCH3 is 1. The van der Waals surface area contributed by atoms with E-state index in [0.717, 1.165) is 18.4 Å². The van der Waals surface area contributed by atoms with Crippen molar-refractivity contribution in [1.82, 2.24) is 0 Å². The quantitative estimate of drug-likeness (QED) is 0.393. The Balaban J connectivity index is 0.000000501. The molecule has 0 amide bonds. The van der Waals surface area contributed by atoms with Crippen LogP contribution in [-0.2, 0) is 25.7 Å². The lowest BCUT2D eigenvalue weighted by atomic mass is 9.92. The average Bonchev–Trinajstić information content (AvgIpc) is 2.69. The molecule has 0 aromatic heterocycles. The van der Waals surface area contributed by atoms with Gasteiger partial charge in [-0.15, -0.1) is 0 Å². The van der Waals surface area contributed by atoms with Crippen LogP contribution in [0.1, 0.15) is 58.4 Å². The standard InChI is InChI=1S/C12H22O2.C11H12O2/c1-5-7-8-11(6-2)9-10(3)12(13)14-4;1-9(2)11(12)13-8-10-6-4-3-5-7-10/h11H,3,5-9H2,1-2,4H3;3-7H,1,8H2,2H3. The van der Waals surface area contributed by atoms with Gasteiger partial charge in [-0.3, -0.25) is 0 Å². The van der Waals surface area contributed by atoms with Crippen molar-refractivity contribution in [2.75, 3.05) is 7.11 Å². The third-order valence-electron chi connectivity index (χ3n) is 4.11. The molecule has 0 radical (unpaired) electrons. The van der Waals surface area contributed by atoms with Gasteiger partial charge >= 0.3 is 11.9 Å². The highest BCUT2D eigenvalue weighted by molar-refractivity contribution is 5.87. The van der Waals surface area contributed by atoms with Crippen LogP contribution in [-0.4, -0.2) is 19.0 Å². The van der Waals surface area contributed by atoms with Crippen LogP contribution in [0.4, 0.5) is 0 Å². The molecular formula is C23H34O4. The van der Waals surface area contributed by atoms with Crippen molar-refractivity contribution in [1.29, 1.82) is 0 Å². The highest BCUT2D eigenvalue weighted by atomic mass is 16.5. The molecule has 0 aliphatic carbocycles. The second-order valence-corrected chi connectivity index (χ2v) is 6.56. The van der Waals surface area contributed by atoms with Gasteiger partial charge in [0.15, 0.2) is 0 Å². The zero-order chi connectivity index (χ0) is 20.7. The van der Waals surface area contributed by atoms with Crippen molar-refractivity contribution in [3.05, 3.63) is 60.2 Å². The van der Waals surface area contributed by atoms with E-state index in [-0.39, 0.29) is 11.9 Å². The largest absolute Gasteiger partial charge is 0.466 e. The maximum Gasteiger partial charge on any atom is 0.333 e. The van der Waals surface area contributed by atoms with E-state index in [0.29, 0.717) is 23.7 Å². The van der Waals surface area contributed by atoms with Gasteiger partial charge in [0.25, 0.3) is 0 Å². The van der Waals surface area contributed by atoms with Gasteiger partial charge < -0.3 is 9.47 Å². The van der Waals surface area contributed by atoms with Crippen LogP contribution in [0.15, 0.2) is 54.6 Å². The lowest BCUT2D eigenvalue weighted by molar-refractivity contribution is -0.140. The molecule has 1 aromatic carbocycles. The SMILES string of the molecule is C=C(C)C(=O)OCc1ccccc1.C=C(CC(CC)CCCC)C(=O)OC. The first-order chi connectivity index (χ1) is 12.8. The molecule has 4 nitrogen and oxygen atoms in total. The molecule has 0 saturated carbocycles. The summed E-state index contributed by atoms with van der Waals surface area (Å²) < 4.78 is 9.57. The number of carbonyl (C=O) groups is 2. The molecule has 0 fully saturated rings. The Labute approximate surface area is 164 Å².